The molecule has 0 heterocycles. The summed E-state index contributed by atoms with van der Waals surface area (Å²) in [6, 6.07) is 0. The molecular formula is C10H27F2NOSi3. The van der Waals surface area contributed by atoms with Gasteiger partial charge in [-0.2, -0.15) is 0 Å². The van der Waals surface area contributed by atoms with E-state index >= 15 is 0 Å². The Morgan fingerprint density at radius 1 is 0.882 bits per heavy atom. The van der Waals surface area contributed by atoms with Crippen LogP contribution in [0.1, 0.15) is 20.8 Å². The maximum Gasteiger partial charge on any atom is 0.590 e. The smallest absolute Gasteiger partial charge is 0.294 e. The highest BCUT2D eigenvalue weighted by Gasteiger charge is 2.50. The van der Waals surface area contributed by atoms with E-state index < -0.39 is 25.5 Å². The summed E-state index contributed by atoms with van der Waals surface area (Å²) in [7, 11) is -8.49. The van der Waals surface area contributed by atoms with Gasteiger partial charge in [-0.3, -0.25) is 4.53 Å². The summed E-state index contributed by atoms with van der Waals surface area (Å²) in [5, 5.41) is 0.00687. The fraction of sp³-hybridized carbons (Fsp3) is 1.00. The summed E-state index contributed by atoms with van der Waals surface area (Å²) in [6.07, 6.45) is 0. The number of hydrogen-bond acceptors (Lipinski definition) is 2. The first-order valence-electron chi connectivity index (χ1n) is 5.96. The van der Waals surface area contributed by atoms with Crippen molar-refractivity contribution in [1.29, 1.82) is 0 Å². The topological polar surface area (TPSA) is 12.5 Å². The Morgan fingerprint density at radius 3 is 1.41 bits per heavy atom. The van der Waals surface area contributed by atoms with Crippen LogP contribution >= 0.6 is 0 Å². The third kappa shape index (κ3) is 4.90. The summed E-state index contributed by atoms with van der Waals surface area (Å²) in [4.78, 5) is 0. The number of rotatable bonds is 4. The normalized spacial score (nSPS) is 15.5. The summed E-state index contributed by atoms with van der Waals surface area (Å²) in [5.74, 6) is 0. The van der Waals surface area contributed by atoms with Crippen LogP contribution in [0.3, 0.4) is 0 Å². The van der Waals surface area contributed by atoms with Crippen molar-refractivity contribution in [2.75, 3.05) is 0 Å². The second-order valence-corrected chi connectivity index (χ2v) is 19.2. The highest BCUT2D eigenvalue weighted by Crippen LogP contribution is 2.41. The molecule has 0 bridgehead atoms. The third-order valence-electron chi connectivity index (χ3n) is 3.20. The van der Waals surface area contributed by atoms with E-state index in [1.807, 2.05) is 0 Å². The van der Waals surface area contributed by atoms with Crippen LogP contribution in [0.5, 0.6) is 0 Å². The Labute approximate surface area is 108 Å². The summed E-state index contributed by atoms with van der Waals surface area (Å²) >= 11 is 0. The molecule has 104 valence electrons. The Balaban J connectivity index is 5.36. The van der Waals surface area contributed by atoms with E-state index in [2.05, 4.69) is 53.5 Å². The van der Waals surface area contributed by atoms with Gasteiger partial charge in [0, 0.05) is 6.55 Å². The molecule has 0 aliphatic rings. The number of halogens is 2. The van der Waals surface area contributed by atoms with E-state index in [-0.39, 0.29) is 5.04 Å². The fourth-order valence-electron chi connectivity index (χ4n) is 1.55. The van der Waals surface area contributed by atoms with E-state index in [0.29, 0.717) is 0 Å². The van der Waals surface area contributed by atoms with Crippen molar-refractivity contribution in [1.82, 2.24) is 4.39 Å². The minimum Gasteiger partial charge on any atom is -0.294 e. The van der Waals surface area contributed by atoms with Gasteiger partial charge in [0.2, 0.25) is 0 Å². The van der Waals surface area contributed by atoms with Gasteiger partial charge in [0.15, 0.2) is 0 Å². The first kappa shape index (κ1) is 17.4. The maximum atomic E-state index is 13.3. The number of hydrogen-bond donors (Lipinski definition) is 0. The minimum atomic E-state index is -4.52. The summed E-state index contributed by atoms with van der Waals surface area (Å²) in [5.41, 5.74) is 0. The lowest BCUT2D eigenvalue weighted by Gasteiger charge is -2.51. The zero-order valence-electron chi connectivity index (χ0n) is 12.6. The second-order valence-electron chi connectivity index (χ2n) is 7.17. The molecule has 0 aromatic carbocycles. The molecule has 7 heteroatoms. The fourth-order valence-corrected chi connectivity index (χ4v) is 13.2. The highest BCUT2D eigenvalue weighted by molar-refractivity contribution is 6.91. The number of nitrogens with zero attached hydrogens (tertiary/aromatic N) is 1. The van der Waals surface area contributed by atoms with Crippen LogP contribution < -0.4 is 0 Å². The SMILES string of the molecule is CC(C)(C)[Si](C)(C)N(O[Si](C)(F)F)[Si](C)(C)C. The van der Waals surface area contributed by atoms with Crippen molar-refractivity contribution in [3.63, 3.8) is 0 Å². The Morgan fingerprint density at radius 2 is 1.24 bits per heavy atom. The van der Waals surface area contributed by atoms with E-state index in [1.165, 1.54) is 0 Å². The van der Waals surface area contributed by atoms with Crippen LogP contribution in [0.15, 0.2) is 0 Å². The van der Waals surface area contributed by atoms with Crippen molar-refractivity contribution in [2.45, 2.75) is 65.1 Å². The molecule has 0 unspecified atom stereocenters. The largest absolute Gasteiger partial charge is 0.590 e. The van der Waals surface area contributed by atoms with Crippen LogP contribution in [-0.4, -0.2) is 29.9 Å². The average molecular weight is 300 g/mol. The van der Waals surface area contributed by atoms with Crippen LogP contribution in [0, 0.1) is 0 Å². The highest BCUT2D eigenvalue weighted by atomic mass is 28.4. The molecule has 0 aliphatic carbocycles. The quantitative estimate of drug-likeness (QED) is 0.428. The Hall–Kier alpha value is 0.431. The van der Waals surface area contributed by atoms with E-state index in [0.717, 1.165) is 6.55 Å². The zero-order chi connectivity index (χ0) is 14.3. The van der Waals surface area contributed by atoms with Gasteiger partial charge in [0.25, 0.3) is 0 Å². The maximum absolute atomic E-state index is 13.3. The van der Waals surface area contributed by atoms with Gasteiger partial charge < -0.3 is 0 Å². The standard InChI is InChI=1S/C10H27F2NOSi3/c1-10(2,3)16(7,8)13(15(4,5)6)14-17(9,11)12/h1-9H3. The van der Waals surface area contributed by atoms with Crippen molar-refractivity contribution < 1.29 is 12.7 Å². The molecule has 0 aromatic rings. The summed E-state index contributed by atoms with van der Waals surface area (Å²) in [6.45, 7) is 17.7. The lowest BCUT2D eigenvalue weighted by atomic mass is 10.2. The van der Waals surface area contributed by atoms with Crippen LogP contribution in [0.25, 0.3) is 0 Å². The second kappa shape index (κ2) is 4.84. The average Bonchev–Trinajstić information content (AvgIpc) is 1.93. The van der Waals surface area contributed by atoms with Gasteiger partial charge in [-0.25, -0.2) is 12.6 Å². The predicted molar refractivity (Wildman–Crippen MR) is 77.3 cm³/mol. The summed E-state index contributed by atoms with van der Waals surface area (Å²) < 4.78 is 33.6. The van der Waals surface area contributed by atoms with Gasteiger partial charge in [-0.05, 0) is 5.04 Å². The zero-order valence-corrected chi connectivity index (χ0v) is 15.6. The molecular weight excluding hydrogens is 272 g/mol. The van der Waals surface area contributed by atoms with Crippen LogP contribution in [-0.2, 0) is 4.53 Å². The predicted octanol–water partition coefficient (Wildman–Crippen LogP) is 4.57. The molecule has 0 saturated carbocycles. The third-order valence-corrected chi connectivity index (χ3v) is 13.8. The molecule has 0 spiro atoms. The molecule has 0 amide bonds. The van der Waals surface area contributed by atoms with E-state index in [9.17, 15) is 8.22 Å². The Kier molecular flexibility index (Phi) is 4.96. The Bertz CT molecular complexity index is 266. The first-order chi connectivity index (χ1) is 7.09. The van der Waals surface area contributed by atoms with Gasteiger partial charge in [0.1, 0.15) is 16.5 Å². The van der Waals surface area contributed by atoms with E-state index in [4.69, 9.17) is 4.53 Å². The molecule has 0 N–H and O–H groups in total. The van der Waals surface area contributed by atoms with Crippen molar-refractivity contribution in [3.8, 4) is 0 Å². The molecule has 0 aliphatic heterocycles. The molecule has 0 atom stereocenters. The van der Waals surface area contributed by atoms with Crippen molar-refractivity contribution >= 4 is 25.5 Å². The molecule has 2 nitrogen and oxygen atoms in total. The molecule has 0 fully saturated rings. The van der Waals surface area contributed by atoms with Gasteiger partial charge in [0.05, 0.1) is 0 Å². The molecule has 0 rings (SSSR count). The molecule has 0 radical (unpaired) electrons. The lowest BCUT2D eigenvalue weighted by Crippen LogP contribution is -2.66. The molecule has 0 saturated heterocycles. The van der Waals surface area contributed by atoms with E-state index in [1.54, 1.807) is 4.39 Å². The minimum absolute atomic E-state index is 0.00687. The lowest BCUT2D eigenvalue weighted by molar-refractivity contribution is 0.0480. The van der Waals surface area contributed by atoms with Crippen molar-refractivity contribution in [2.24, 2.45) is 0 Å². The van der Waals surface area contributed by atoms with Crippen LogP contribution in [0.4, 0.5) is 8.22 Å². The van der Waals surface area contributed by atoms with Gasteiger partial charge in [-0.15, -0.1) is 0 Å². The molecule has 17 heavy (non-hydrogen) atoms. The van der Waals surface area contributed by atoms with Gasteiger partial charge in [-0.1, -0.05) is 53.5 Å². The van der Waals surface area contributed by atoms with Crippen molar-refractivity contribution in [3.05, 3.63) is 0 Å². The van der Waals surface area contributed by atoms with Gasteiger partial charge >= 0.3 is 8.99 Å². The van der Waals surface area contributed by atoms with Crippen LogP contribution in [0.2, 0.25) is 44.3 Å². The monoisotopic (exact) mass is 299 g/mol. The first-order valence-corrected chi connectivity index (χ1v) is 14.5. The molecule has 0 aromatic heterocycles.